The molecule has 13 heavy (non-hydrogen) atoms. The Morgan fingerprint density at radius 2 is 1.69 bits per heavy atom. The van der Waals surface area contributed by atoms with E-state index in [0.717, 1.165) is 12.1 Å². The highest BCUT2D eigenvalue weighted by Gasteiger charge is 2.39. The quantitative estimate of drug-likeness (QED) is 0.529. The van der Waals surface area contributed by atoms with Crippen LogP contribution in [0.3, 0.4) is 0 Å². The minimum Gasteiger partial charge on any atom is -0.207 e. The van der Waals surface area contributed by atoms with E-state index in [0.29, 0.717) is 0 Å². The molecule has 1 unspecified atom stereocenters. The molecule has 1 aromatic rings. The van der Waals surface area contributed by atoms with Crippen LogP contribution < -0.4 is 0 Å². The molecule has 0 aliphatic heterocycles. The molecule has 0 amide bonds. The Labute approximate surface area is 80.7 Å². The largest absolute Gasteiger partial charge is 0.405 e. The Hall–Kier alpha value is -0.580. The highest BCUT2D eigenvalue weighted by molar-refractivity contribution is 9.09. The summed E-state index contributed by atoms with van der Waals surface area (Å²) < 4.78 is 49.1. The second-order valence-electron chi connectivity index (χ2n) is 2.43. The Kier molecular flexibility index (Phi) is 2.95. The van der Waals surface area contributed by atoms with Crippen molar-refractivity contribution >= 4 is 15.9 Å². The van der Waals surface area contributed by atoms with E-state index < -0.39 is 22.4 Å². The number of halogens is 5. The van der Waals surface area contributed by atoms with Crippen molar-refractivity contribution in [1.82, 2.24) is 0 Å². The molecule has 0 bridgehead atoms. The monoisotopic (exact) mass is 256 g/mol. The van der Waals surface area contributed by atoms with Crippen LogP contribution in [-0.2, 0) is 0 Å². The predicted octanol–water partition coefficient (Wildman–Crippen LogP) is 3.82. The van der Waals surface area contributed by atoms with Crippen LogP contribution >= 0.6 is 15.9 Å². The zero-order chi connectivity index (χ0) is 10.1. The predicted molar refractivity (Wildman–Crippen MR) is 44.1 cm³/mol. The number of rotatable bonds is 1. The lowest BCUT2D eigenvalue weighted by atomic mass is 10.1. The molecule has 0 radical (unpaired) electrons. The summed E-state index contributed by atoms with van der Waals surface area (Å²) >= 11 is 2.39. The summed E-state index contributed by atoms with van der Waals surface area (Å²) in [7, 11) is 0. The Morgan fingerprint density at radius 3 is 2.15 bits per heavy atom. The molecule has 72 valence electrons. The van der Waals surface area contributed by atoms with Gasteiger partial charge in [-0.2, -0.15) is 13.2 Å². The molecule has 0 aliphatic rings. The van der Waals surface area contributed by atoms with Gasteiger partial charge >= 0.3 is 6.18 Å². The molecule has 5 heteroatoms. The van der Waals surface area contributed by atoms with E-state index in [-0.39, 0.29) is 0 Å². The van der Waals surface area contributed by atoms with Crippen LogP contribution in [0, 0.1) is 5.82 Å². The summed E-state index contributed by atoms with van der Waals surface area (Å²) in [6.07, 6.45) is -4.47. The summed E-state index contributed by atoms with van der Waals surface area (Å²) in [5.41, 5.74) is -0.394. The maximum atomic E-state index is 12.8. The summed E-state index contributed by atoms with van der Waals surface area (Å²) in [5, 5.41) is 0. The molecule has 0 spiro atoms. The van der Waals surface area contributed by atoms with E-state index in [1.807, 2.05) is 0 Å². The first kappa shape index (κ1) is 10.5. The van der Waals surface area contributed by atoms with Gasteiger partial charge in [0.15, 0.2) is 0 Å². The summed E-state index contributed by atoms with van der Waals surface area (Å²) in [5.74, 6) is -0.860. The van der Waals surface area contributed by atoms with Crippen LogP contribution in [0.1, 0.15) is 10.4 Å². The van der Waals surface area contributed by atoms with Crippen molar-refractivity contribution < 1.29 is 17.6 Å². The summed E-state index contributed by atoms with van der Waals surface area (Å²) in [6, 6.07) is 4.80. The highest BCUT2D eigenvalue weighted by Crippen LogP contribution is 2.40. The van der Waals surface area contributed by atoms with Crippen molar-refractivity contribution in [3.63, 3.8) is 0 Å². The standard InChI is InChI=1S/C8H5BrF4/c9-7(8(11,12)13)5-3-1-2-4-6(5)10/h1-4,7H. The minimum absolute atomic E-state index is 0.394. The van der Waals surface area contributed by atoms with Gasteiger partial charge in [0, 0.05) is 5.56 Å². The van der Waals surface area contributed by atoms with Gasteiger partial charge in [-0.15, -0.1) is 0 Å². The molecule has 0 heterocycles. The third-order valence-corrected chi connectivity index (χ3v) is 2.48. The van der Waals surface area contributed by atoms with Gasteiger partial charge in [-0.05, 0) is 6.07 Å². The average Bonchev–Trinajstić information content (AvgIpc) is 2.02. The van der Waals surface area contributed by atoms with Gasteiger partial charge in [-0.1, -0.05) is 34.1 Å². The van der Waals surface area contributed by atoms with Crippen LogP contribution in [-0.4, -0.2) is 6.18 Å². The van der Waals surface area contributed by atoms with Crippen LogP contribution in [0.4, 0.5) is 17.6 Å². The van der Waals surface area contributed by atoms with Crippen molar-refractivity contribution in [3.8, 4) is 0 Å². The molecule has 0 fully saturated rings. The van der Waals surface area contributed by atoms with Gasteiger partial charge in [-0.25, -0.2) is 4.39 Å². The third kappa shape index (κ3) is 2.43. The smallest absolute Gasteiger partial charge is 0.207 e. The minimum atomic E-state index is -4.47. The fraction of sp³-hybridized carbons (Fsp3) is 0.250. The van der Waals surface area contributed by atoms with Gasteiger partial charge in [0.2, 0.25) is 0 Å². The molecule has 0 saturated heterocycles. The van der Waals surface area contributed by atoms with Crippen LogP contribution in [0.5, 0.6) is 0 Å². The Balaban J connectivity index is 3.02. The van der Waals surface area contributed by atoms with Crippen molar-refractivity contribution in [2.45, 2.75) is 11.0 Å². The van der Waals surface area contributed by atoms with Crippen LogP contribution in [0.25, 0.3) is 0 Å². The molecule has 0 aromatic heterocycles. The second kappa shape index (κ2) is 3.65. The first-order valence-corrected chi connectivity index (χ1v) is 4.29. The molecule has 0 N–H and O–H groups in total. The van der Waals surface area contributed by atoms with Crippen molar-refractivity contribution in [3.05, 3.63) is 35.6 Å². The first-order chi connectivity index (χ1) is 5.93. The molecule has 1 rings (SSSR count). The van der Waals surface area contributed by atoms with E-state index in [1.54, 1.807) is 0 Å². The SMILES string of the molecule is Fc1ccccc1C(Br)C(F)(F)F. The van der Waals surface area contributed by atoms with Crippen LogP contribution in [0.15, 0.2) is 24.3 Å². The van der Waals surface area contributed by atoms with Crippen molar-refractivity contribution in [1.29, 1.82) is 0 Å². The second-order valence-corrected chi connectivity index (χ2v) is 3.34. The molecule has 1 atom stereocenters. The zero-order valence-electron chi connectivity index (χ0n) is 6.28. The summed E-state index contributed by atoms with van der Waals surface area (Å²) in [6.45, 7) is 0. The number of benzene rings is 1. The van der Waals surface area contributed by atoms with Gasteiger partial charge in [0.25, 0.3) is 0 Å². The zero-order valence-corrected chi connectivity index (χ0v) is 7.86. The van der Waals surface area contributed by atoms with Gasteiger partial charge in [0.1, 0.15) is 10.6 Å². The number of hydrogen-bond donors (Lipinski definition) is 0. The normalized spacial score (nSPS) is 14.2. The first-order valence-electron chi connectivity index (χ1n) is 3.38. The maximum Gasteiger partial charge on any atom is 0.405 e. The van der Waals surface area contributed by atoms with Gasteiger partial charge in [-0.3, -0.25) is 0 Å². The average molecular weight is 257 g/mol. The topological polar surface area (TPSA) is 0 Å². The van der Waals surface area contributed by atoms with E-state index in [2.05, 4.69) is 15.9 Å². The Bertz CT molecular complexity index is 294. The van der Waals surface area contributed by atoms with E-state index in [1.165, 1.54) is 12.1 Å². The van der Waals surface area contributed by atoms with E-state index >= 15 is 0 Å². The molecular weight excluding hydrogens is 252 g/mol. The van der Waals surface area contributed by atoms with Crippen LogP contribution in [0.2, 0.25) is 0 Å². The fourth-order valence-corrected chi connectivity index (χ4v) is 1.23. The molecular formula is C8H5BrF4. The molecule has 0 nitrogen and oxygen atoms in total. The Morgan fingerprint density at radius 1 is 1.15 bits per heavy atom. The van der Waals surface area contributed by atoms with Gasteiger partial charge < -0.3 is 0 Å². The fourth-order valence-electron chi connectivity index (χ4n) is 0.857. The molecule has 1 aromatic carbocycles. The lowest BCUT2D eigenvalue weighted by molar-refractivity contribution is -0.128. The van der Waals surface area contributed by atoms with Crippen molar-refractivity contribution in [2.75, 3.05) is 0 Å². The molecule has 0 saturated carbocycles. The summed E-state index contributed by atoms with van der Waals surface area (Å²) in [4.78, 5) is -1.94. The maximum absolute atomic E-state index is 12.8. The van der Waals surface area contributed by atoms with Crippen molar-refractivity contribution in [2.24, 2.45) is 0 Å². The molecule has 0 aliphatic carbocycles. The number of alkyl halides is 4. The van der Waals surface area contributed by atoms with E-state index in [4.69, 9.17) is 0 Å². The van der Waals surface area contributed by atoms with E-state index in [9.17, 15) is 17.6 Å². The lowest BCUT2D eigenvalue weighted by Crippen LogP contribution is -2.16. The lowest BCUT2D eigenvalue weighted by Gasteiger charge is -2.14. The third-order valence-electron chi connectivity index (χ3n) is 1.47. The highest BCUT2D eigenvalue weighted by atomic mass is 79.9. The van der Waals surface area contributed by atoms with Gasteiger partial charge in [0.05, 0.1) is 0 Å². The number of hydrogen-bond acceptors (Lipinski definition) is 0.